The zero-order chi connectivity index (χ0) is 21.5. The number of benzene rings is 2. The summed E-state index contributed by atoms with van der Waals surface area (Å²) in [4.78, 5) is 2.44. The van der Waals surface area contributed by atoms with Crippen LogP contribution >= 0.6 is 11.6 Å². The first-order valence-electron chi connectivity index (χ1n) is 11.9. The summed E-state index contributed by atoms with van der Waals surface area (Å²) >= 11 is 6.01. The van der Waals surface area contributed by atoms with Gasteiger partial charge in [0.1, 0.15) is 0 Å². The van der Waals surface area contributed by atoms with E-state index in [4.69, 9.17) is 11.6 Å². The van der Waals surface area contributed by atoms with Gasteiger partial charge in [-0.05, 0) is 79.8 Å². The monoisotopic (exact) mass is 441 g/mol. The Bertz CT molecular complexity index is 779. The number of nitrogens with one attached hydrogen (secondary N) is 2. The molecule has 0 bridgehead atoms. The van der Waals surface area contributed by atoms with Crippen LogP contribution in [0.1, 0.15) is 54.7 Å². The number of aryl methyl sites for hydroxylation is 1. The summed E-state index contributed by atoms with van der Waals surface area (Å²) in [6, 6.07) is 17.4. The van der Waals surface area contributed by atoms with Crippen LogP contribution < -0.4 is 10.6 Å². The lowest BCUT2D eigenvalue weighted by atomic mass is 9.90. The number of likely N-dealkylation sites (tertiary alicyclic amines) is 1. The lowest BCUT2D eigenvalue weighted by Gasteiger charge is -2.31. The van der Waals surface area contributed by atoms with Crippen LogP contribution in [-0.2, 0) is 13.0 Å². The van der Waals surface area contributed by atoms with Crippen molar-refractivity contribution in [1.82, 2.24) is 15.5 Å². The standard InChI is InChI=1S/C26H36ClN3O/c27-24-10-7-22(8-11-24)23-9-12-26(29-18-23)28-15-1-2-20-3-5-21(6-4-20)19-30-16-13-25(31)14-17-30/h3-8,10-11,23,25-26,28-29,31H,1-2,9,12-19H2. The first-order valence-corrected chi connectivity index (χ1v) is 12.2. The largest absolute Gasteiger partial charge is 0.393 e. The summed E-state index contributed by atoms with van der Waals surface area (Å²) in [7, 11) is 0. The van der Waals surface area contributed by atoms with E-state index in [-0.39, 0.29) is 6.10 Å². The molecule has 0 amide bonds. The number of nitrogens with zero attached hydrogens (tertiary/aromatic N) is 1. The highest BCUT2D eigenvalue weighted by Crippen LogP contribution is 2.25. The molecule has 2 aliphatic rings. The van der Waals surface area contributed by atoms with E-state index in [2.05, 4.69) is 51.9 Å². The lowest BCUT2D eigenvalue weighted by molar-refractivity contribution is 0.0792. The smallest absolute Gasteiger partial charge is 0.0572 e. The molecule has 4 nitrogen and oxygen atoms in total. The van der Waals surface area contributed by atoms with Gasteiger partial charge in [0.15, 0.2) is 0 Å². The Kier molecular flexibility index (Phi) is 8.40. The third kappa shape index (κ3) is 7.03. The molecule has 5 heteroatoms. The van der Waals surface area contributed by atoms with Gasteiger partial charge in [0.25, 0.3) is 0 Å². The van der Waals surface area contributed by atoms with E-state index >= 15 is 0 Å². The molecule has 0 aliphatic carbocycles. The van der Waals surface area contributed by atoms with Crippen molar-refractivity contribution in [2.75, 3.05) is 26.2 Å². The maximum atomic E-state index is 9.64. The Morgan fingerprint density at radius 3 is 2.32 bits per heavy atom. The predicted molar refractivity (Wildman–Crippen MR) is 129 cm³/mol. The van der Waals surface area contributed by atoms with E-state index in [9.17, 15) is 5.11 Å². The summed E-state index contributed by atoms with van der Waals surface area (Å²) in [5.41, 5.74) is 4.18. The fourth-order valence-electron chi connectivity index (χ4n) is 4.77. The molecule has 2 aromatic rings. The van der Waals surface area contributed by atoms with Crippen molar-refractivity contribution in [3.63, 3.8) is 0 Å². The number of hydrogen-bond acceptors (Lipinski definition) is 4. The minimum absolute atomic E-state index is 0.0963. The van der Waals surface area contributed by atoms with Gasteiger partial charge >= 0.3 is 0 Å². The highest BCUT2D eigenvalue weighted by atomic mass is 35.5. The third-order valence-corrected chi connectivity index (χ3v) is 7.03. The number of aliphatic hydroxyl groups is 1. The number of aliphatic hydroxyl groups excluding tert-OH is 1. The van der Waals surface area contributed by atoms with Crippen LogP contribution in [0.5, 0.6) is 0 Å². The van der Waals surface area contributed by atoms with Crippen molar-refractivity contribution in [3.05, 3.63) is 70.2 Å². The molecule has 4 rings (SSSR count). The SMILES string of the molecule is OC1CCN(Cc2ccc(CCCNC3CCC(c4ccc(Cl)cc4)CN3)cc2)CC1. The zero-order valence-corrected chi connectivity index (χ0v) is 19.2. The molecule has 0 radical (unpaired) electrons. The molecule has 2 fully saturated rings. The molecule has 0 saturated carbocycles. The van der Waals surface area contributed by atoms with E-state index in [1.165, 1.54) is 23.1 Å². The van der Waals surface area contributed by atoms with Gasteiger partial charge < -0.3 is 15.7 Å². The van der Waals surface area contributed by atoms with Crippen molar-refractivity contribution in [1.29, 1.82) is 0 Å². The minimum Gasteiger partial charge on any atom is -0.393 e. The van der Waals surface area contributed by atoms with Crippen molar-refractivity contribution in [2.45, 2.75) is 63.3 Å². The van der Waals surface area contributed by atoms with E-state index in [1.807, 2.05) is 12.1 Å². The molecule has 2 unspecified atom stereocenters. The van der Waals surface area contributed by atoms with E-state index in [1.54, 1.807) is 0 Å². The normalized spacial score (nSPS) is 23.2. The highest BCUT2D eigenvalue weighted by Gasteiger charge is 2.21. The van der Waals surface area contributed by atoms with Crippen molar-refractivity contribution in [2.24, 2.45) is 0 Å². The van der Waals surface area contributed by atoms with Gasteiger partial charge in [0.2, 0.25) is 0 Å². The minimum atomic E-state index is -0.0963. The van der Waals surface area contributed by atoms with Crippen LogP contribution in [-0.4, -0.2) is 48.5 Å². The molecule has 0 spiro atoms. The number of piperidine rings is 2. The summed E-state index contributed by atoms with van der Waals surface area (Å²) < 4.78 is 0. The molecule has 168 valence electrons. The fraction of sp³-hybridized carbons (Fsp3) is 0.538. The second kappa shape index (κ2) is 11.4. The topological polar surface area (TPSA) is 47.5 Å². The van der Waals surface area contributed by atoms with Crippen LogP contribution in [0.4, 0.5) is 0 Å². The van der Waals surface area contributed by atoms with Gasteiger partial charge in [-0.15, -0.1) is 0 Å². The average Bonchev–Trinajstić information content (AvgIpc) is 2.80. The highest BCUT2D eigenvalue weighted by molar-refractivity contribution is 6.30. The second-order valence-electron chi connectivity index (χ2n) is 9.17. The first-order chi connectivity index (χ1) is 15.2. The second-order valence-corrected chi connectivity index (χ2v) is 9.60. The Hall–Kier alpha value is -1.43. The van der Waals surface area contributed by atoms with Crippen molar-refractivity contribution >= 4 is 11.6 Å². The van der Waals surface area contributed by atoms with Gasteiger partial charge in [-0.2, -0.15) is 0 Å². The summed E-state index contributed by atoms with van der Waals surface area (Å²) in [6.07, 6.45) is 6.78. The van der Waals surface area contributed by atoms with Crippen molar-refractivity contribution < 1.29 is 5.11 Å². The zero-order valence-electron chi connectivity index (χ0n) is 18.4. The summed E-state index contributed by atoms with van der Waals surface area (Å²) in [5.74, 6) is 0.587. The molecule has 2 aliphatic heterocycles. The fourth-order valence-corrected chi connectivity index (χ4v) is 4.89. The predicted octanol–water partition coefficient (Wildman–Crippen LogP) is 4.31. The van der Waals surface area contributed by atoms with E-state index in [0.29, 0.717) is 12.1 Å². The van der Waals surface area contributed by atoms with Gasteiger partial charge in [0, 0.05) is 31.2 Å². The van der Waals surface area contributed by atoms with Gasteiger partial charge in [-0.3, -0.25) is 4.90 Å². The quantitative estimate of drug-likeness (QED) is 0.534. The maximum absolute atomic E-state index is 9.64. The summed E-state index contributed by atoms with van der Waals surface area (Å²) in [5, 5.41) is 17.8. The molecule has 3 N–H and O–H groups in total. The lowest BCUT2D eigenvalue weighted by Crippen LogP contribution is -2.47. The Morgan fingerprint density at radius 2 is 1.65 bits per heavy atom. The van der Waals surface area contributed by atoms with Gasteiger partial charge in [0.05, 0.1) is 12.3 Å². The van der Waals surface area contributed by atoms with Gasteiger partial charge in [-0.25, -0.2) is 0 Å². The van der Waals surface area contributed by atoms with Crippen LogP contribution in [0.3, 0.4) is 0 Å². The van der Waals surface area contributed by atoms with Crippen LogP contribution in [0.25, 0.3) is 0 Å². The van der Waals surface area contributed by atoms with Gasteiger partial charge in [-0.1, -0.05) is 48.0 Å². The Labute approximate surface area is 192 Å². The Balaban J connectivity index is 1.11. The van der Waals surface area contributed by atoms with E-state index < -0.39 is 0 Å². The third-order valence-electron chi connectivity index (χ3n) is 6.78. The van der Waals surface area contributed by atoms with Crippen LogP contribution in [0, 0.1) is 0 Å². The van der Waals surface area contributed by atoms with E-state index in [0.717, 1.165) is 69.9 Å². The molecule has 31 heavy (non-hydrogen) atoms. The number of hydrogen-bond donors (Lipinski definition) is 3. The molecule has 2 atom stereocenters. The molecule has 2 aromatic carbocycles. The van der Waals surface area contributed by atoms with Crippen LogP contribution in [0.15, 0.2) is 48.5 Å². The Morgan fingerprint density at radius 1 is 0.935 bits per heavy atom. The molecule has 2 saturated heterocycles. The van der Waals surface area contributed by atoms with Crippen molar-refractivity contribution in [3.8, 4) is 0 Å². The first kappa shape index (κ1) is 22.8. The number of halogens is 1. The average molecular weight is 442 g/mol. The number of rotatable bonds is 8. The molecular weight excluding hydrogens is 406 g/mol. The maximum Gasteiger partial charge on any atom is 0.0572 e. The van der Waals surface area contributed by atoms with Crippen LogP contribution in [0.2, 0.25) is 5.02 Å². The molecule has 0 aromatic heterocycles. The summed E-state index contributed by atoms with van der Waals surface area (Å²) in [6.45, 7) is 5.07. The molecule has 2 heterocycles. The molecular formula is C26H36ClN3O.